The van der Waals surface area contributed by atoms with Crippen molar-refractivity contribution in [2.75, 3.05) is 0 Å². The summed E-state index contributed by atoms with van der Waals surface area (Å²) in [6, 6.07) is 2.67. The molecule has 108 valence electrons. The summed E-state index contributed by atoms with van der Waals surface area (Å²) in [5.74, 6) is 0. The number of nitrogens with zero attached hydrogens (tertiary/aromatic N) is 1. The topological polar surface area (TPSA) is 95.1 Å². The number of hydrogen-bond donors (Lipinski definition) is 3. The molecule has 2 aromatic rings. The van der Waals surface area contributed by atoms with Crippen LogP contribution in [0.4, 0.5) is 0 Å². The van der Waals surface area contributed by atoms with Gasteiger partial charge in [-0.25, -0.2) is 18.1 Å². The van der Waals surface area contributed by atoms with Crippen LogP contribution in [-0.2, 0) is 23.2 Å². The van der Waals surface area contributed by atoms with Gasteiger partial charge in [0.05, 0.1) is 24.5 Å². The Morgan fingerprint density at radius 2 is 2.10 bits per heavy atom. The zero-order valence-electron chi connectivity index (χ0n) is 10.1. The van der Waals surface area contributed by atoms with Crippen molar-refractivity contribution in [2.24, 2.45) is 0 Å². The van der Waals surface area contributed by atoms with Crippen molar-refractivity contribution in [1.29, 1.82) is 0 Å². The normalized spacial score (nSPS) is 11.8. The Hall–Kier alpha value is -1.12. The number of imidazole rings is 1. The average Bonchev–Trinajstić information content (AvgIpc) is 2.90. The van der Waals surface area contributed by atoms with Gasteiger partial charge >= 0.3 is 0 Å². The van der Waals surface area contributed by atoms with Crippen LogP contribution >= 0.6 is 23.2 Å². The highest BCUT2D eigenvalue weighted by atomic mass is 35.5. The Morgan fingerprint density at radius 3 is 2.70 bits per heavy atom. The Morgan fingerprint density at radius 1 is 1.35 bits per heavy atom. The molecule has 1 aromatic carbocycles. The van der Waals surface area contributed by atoms with Crippen molar-refractivity contribution in [3.05, 3.63) is 46.0 Å². The van der Waals surface area contributed by atoms with Crippen LogP contribution < -0.4 is 4.72 Å². The van der Waals surface area contributed by atoms with Crippen LogP contribution in [-0.4, -0.2) is 23.5 Å². The van der Waals surface area contributed by atoms with E-state index in [1.54, 1.807) is 0 Å². The number of rotatable bonds is 5. The minimum absolute atomic E-state index is 0.0513. The van der Waals surface area contributed by atoms with E-state index in [0.29, 0.717) is 5.69 Å². The van der Waals surface area contributed by atoms with Gasteiger partial charge in [-0.15, -0.1) is 0 Å². The molecule has 0 saturated heterocycles. The molecule has 1 aromatic heterocycles. The van der Waals surface area contributed by atoms with E-state index in [-0.39, 0.29) is 27.0 Å². The lowest BCUT2D eigenvalue weighted by Crippen LogP contribution is -2.24. The summed E-state index contributed by atoms with van der Waals surface area (Å²) < 4.78 is 26.7. The lowest BCUT2D eigenvalue weighted by Gasteiger charge is -2.11. The van der Waals surface area contributed by atoms with Gasteiger partial charge in [-0.1, -0.05) is 23.2 Å². The van der Waals surface area contributed by atoms with E-state index in [1.807, 2.05) is 0 Å². The van der Waals surface area contributed by atoms with Crippen LogP contribution in [0, 0.1) is 0 Å². The lowest BCUT2D eigenvalue weighted by atomic mass is 10.2. The summed E-state index contributed by atoms with van der Waals surface area (Å²) in [5.41, 5.74) is 0.791. The zero-order valence-corrected chi connectivity index (χ0v) is 12.4. The number of sulfonamides is 1. The van der Waals surface area contributed by atoms with E-state index in [0.717, 1.165) is 0 Å². The van der Waals surface area contributed by atoms with E-state index in [4.69, 9.17) is 23.2 Å². The minimum Gasteiger partial charge on any atom is -0.392 e. The fraction of sp³-hybridized carbons (Fsp3) is 0.182. The van der Waals surface area contributed by atoms with Crippen molar-refractivity contribution < 1.29 is 13.5 Å². The molecule has 9 heteroatoms. The number of benzene rings is 1. The van der Waals surface area contributed by atoms with Gasteiger partial charge in [-0.05, 0) is 12.1 Å². The van der Waals surface area contributed by atoms with E-state index in [2.05, 4.69) is 14.7 Å². The predicted octanol–water partition coefficient (Wildman–Crippen LogP) is 1.69. The van der Waals surface area contributed by atoms with Crippen LogP contribution in [0.5, 0.6) is 0 Å². The molecule has 0 amide bonds. The van der Waals surface area contributed by atoms with Gasteiger partial charge in [0.15, 0.2) is 0 Å². The van der Waals surface area contributed by atoms with Crippen LogP contribution in [0.1, 0.15) is 11.3 Å². The largest absolute Gasteiger partial charge is 0.392 e. The Balaban J connectivity index is 2.30. The Kier molecular flexibility index (Phi) is 4.66. The highest BCUT2D eigenvalue weighted by molar-refractivity contribution is 7.89. The second-order valence-electron chi connectivity index (χ2n) is 3.90. The van der Waals surface area contributed by atoms with E-state index >= 15 is 0 Å². The van der Waals surface area contributed by atoms with Crippen molar-refractivity contribution in [3.63, 3.8) is 0 Å². The number of aliphatic hydroxyl groups excluding tert-OH is 1. The Labute approximate surface area is 125 Å². The summed E-state index contributed by atoms with van der Waals surface area (Å²) in [4.78, 5) is 6.43. The summed E-state index contributed by atoms with van der Waals surface area (Å²) in [6.07, 6.45) is 2.95. The summed E-state index contributed by atoms with van der Waals surface area (Å²) in [7, 11) is -3.82. The quantitative estimate of drug-likeness (QED) is 0.774. The first-order valence-electron chi connectivity index (χ1n) is 5.50. The monoisotopic (exact) mass is 335 g/mol. The maximum Gasteiger partial charge on any atom is 0.242 e. The second kappa shape index (κ2) is 6.11. The van der Waals surface area contributed by atoms with Gasteiger partial charge < -0.3 is 10.1 Å². The van der Waals surface area contributed by atoms with Gasteiger partial charge in [-0.3, -0.25) is 0 Å². The molecule has 20 heavy (non-hydrogen) atoms. The summed E-state index contributed by atoms with van der Waals surface area (Å²) >= 11 is 11.8. The molecule has 0 bridgehead atoms. The Bertz CT molecular complexity index is 702. The highest BCUT2D eigenvalue weighted by Crippen LogP contribution is 2.30. The molecule has 0 aliphatic heterocycles. The van der Waals surface area contributed by atoms with Gasteiger partial charge in [0.25, 0.3) is 0 Å². The molecule has 0 spiro atoms. The maximum absolute atomic E-state index is 12.2. The lowest BCUT2D eigenvalue weighted by molar-refractivity contribution is 0.281. The predicted molar refractivity (Wildman–Crippen MR) is 75.0 cm³/mol. The first kappa shape index (κ1) is 15.3. The van der Waals surface area contributed by atoms with Crippen LogP contribution in [0.2, 0.25) is 10.0 Å². The summed E-state index contributed by atoms with van der Waals surface area (Å²) in [6.45, 7) is -0.392. The van der Waals surface area contributed by atoms with Gasteiger partial charge in [0.2, 0.25) is 10.0 Å². The van der Waals surface area contributed by atoms with E-state index in [1.165, 1.54) is 24.7 Å². The zero-order chi connectivity index (χ0) is 14.8. The highest BCUT2D eigenvalue weighted by Gasteiger charge is 2.21. The van der Waals surface area contributed by atoms with Crippen LogP contribution in [0.3, 0.4) is 0 Å². The fourth-order valence-corrected chi connectivity index (χ4v) is 3.46. The van der Waals surface area contributed by atoms with Gasteiger partial charge in [-0.2, -0.15) is 0 Å². The smallest absolute Gasteiger partial charge is 0.242 e. The second-order valence-corrected chi connectivity index (χ2v) is 6.42. The number of halogens is 2. The van der Waals surface area contributed by atoms with E-state index in [9.17, 15) is 13.5 Å². The van der Waals surface area contributed by atoms with Crippen molar-refractivity contribution in [1.82, 2.24) is 14.7 Å². The third kappa shape index (κ3) is 3.13. The van der Waals surface area contributed by atoms with Gasteiger partial charge in [0, 0.05) is 22.5 Å². The molecular weight excluding hydrogens is 325 g/mol. The van der Waals surface area contributed by atoms with E-state index < -0.39 is 16.6 Å². The summed E-state index contributed by atoms with van der Waals surface area (Å²) in [5, 5.41) is 9.30. The molecule has 0 atom stereocenters. The van der Waals surface area contributed by atoms with Crippen molar-refractivity contribution >= 4 is 33.2 Å². The molecule has 2 rings (SSSR count). The molecule has 0 radical (unpaired) electrons. The average molecular weight is 336 g/mol. The number of H-pyrrole nitrogens is 1. The first-order chi connectivity index (χ1) is 9.45. The maximum atomic E-state index is 12.2. The number of aromatic amines is 1. The molecule has 0 aliphatic rings. The number of hydrogen-bond acceptors (Lipinski definition) is 4. The molecular formula is C11H11Cl2N3O3S. The molecule has 0 aliphatic carbocycles. The van der Waals surface area contributed by atoms with Crippen LogP contribution in [0.15, 0.2) is 29.6 Å². The molecule has 6 nitrogen and oxygen atoms in total. The molecule has 0 fully saturated rings. The standard InChI is InChI=1S/C11H11Cl2N3O3S/c12-9-1-2-10(11(13)8(9)5-17)20(18,19)16-4-7-3-14-6-15-7/h1-3,6,16-17H,4-5H2,(H,14,15). The molecule has 3 N–H and O–H groups in total. The number of aromatic nitrogens is 2. The molecule has 0 unspecified atom stereocenters. The van der Waals surface area contributed by atoms with Crippen LogP contribution in [0.25, 0.3) is 0 Å². The SMILES string of the molecule is O=S(=O)(NCc1cnc[nH]1)c1ccc(Cl)c(CO)c1Cl. The third-order valence-electron chi connectivity index (χ3n) is 2.61. The van der Waals surface area contributed by atoms with Gasteiger partial charge in [0.1, 0.15) is 4.90 Å². The number of nitrogens with one attached hydrogen (secondary N) is 2. The first-order valence-corrected chi connectivity index (χ1v) is 7.74. The number of aliphatic hydroxyl groups is 1. The fourth-order valence-electron chi connectivity index (χ4n) is 1.56. The third-order valence-corrected chi connectivity index (χ3v) is 4.95. The minimum atomic E-state index is -3.82. The molecule has 0 saturated carbocycles. The van der Waals surface area contributed by atoms with Crippen molar-refractivity contribution in [2.45, 2.75) is 18.0 Å². The van der Waals surface area contributed by atoms with Crippen molar-refractivity contribution in [3.8, 4) is 0 Å². The molecule has 1 heterocycles.